The second kappa shape index (κ2) is 5.77. The molecule has 0 aliphatic heterocycles. The van der Waals surface area contributed by atoms with Gasteiger partial charge >= 0.3 is 0 Å². The topological polar surface area (TPSA) is 46.2 Å². The zero-order valence-corrected chi connectivity index (χ0v) is 12.9. The smallest absolute Gasteiger partial charge is 0.199 e. The lowest BCUT2D eigenvalue weighted by molar-refractivity contribution is 0.263. The van der Waals surface area contributed by atoms with E-state index in [0.29, 0.717) is 16.6 Å². The van der Waals surface area contributed by atoms with Crippen LogP contribution in [0.15, 0.2) is 18.2 Å². The quantitative estimate of drug-likeness (QED) is 0.858. The lowest BCUT2D eigenvalue weighted by atomic mass is 10.3. The van der Waals surface area contributed by atoms with Crippen LogP contribution >= 0.6 is 12.2 Å². The maximum Gasteiger partial charge on any atom is 0.199 e. The van der Waals surface area contributed by atoms with E-state index in [0.717, 1.165) is 31.0 Å². The third-order valence-corrected chi connectivity index (χ3v) is 4.07. The minimum Gasteiger partial charge on any atom is -0.388 e. The Labute approximate surface area is 131 Å². The molecule has 8 heteroatoms. The number of aliphatic hydroxyl groups excluding tert-OH is 1. The van der Waals surface area contributed by atoms with Crippen LogP contribution in [-0.4, -0.2) is 26.5 Å². The summed E-state index contributed by atoms with van der Waals surface area (Å²) in [4.78, 5) is 1.53. The zero-order chi connectivity index (χ0) is 15.9. The van der Waals surface area contributed by atoms with Gasteiger partial charge in [-0.2, -0.15) is 5.10 Å². The van der Waals surface area contributed by atoms with Crippen LogP contribution in [0.5, 0.6) is 0 Å². The minimum absolute atomic E-state index is 0.133. The fourth-order valence-corrected chi connectivity index (χ4v) is 2.77. The molecule has 1 heterocycles. The third kappa shape index (κ3) is 2.76. The van der Waals surface area contributed by atoms with E-state index >= 15 is 0 Å². The lowest BCUT2D eigenvalue weighted by Gasteiger charge is -2.19. The third-order valence-electron chi connectivity index (χ3n) is 3.66. The summed E-state index contributed by atoms with van der Waals surface area (Å²) in [5, 5.41) is 13.7. The number of hydrogen-bond donors (Lipinski definition) is 1. The summed E-state index contributed by atoms with van der Waals surface area (Å²) >= 11 is 5.38. The maximum atomic E-state index is 13.8. The maximum absolute atomic E-state index is 13.8. The average molecular weight is 326 g/mol. The molecule has 1 N–H and O–H groups in total. The molecule has 22 heavy (non-hydrogen) atoms. The first-order chi connectivity index (χ1) is 10.5. The Kier molecular flexibility index (Phi) is 3.96. The fourth-order valence-electron chi connectivity index (χ4n) is 2.42. The highest BCUT2D eigenvalue weighted by molar-refractivity contribution is 7.71. The van der Waals surface area contributed by atoms with Crippen molar-refractivity contribution >= 4 is 17.9 Å². The van der Waals surface area contributed by atoms with Crippen LogP contribution in [0.2, 0.25) is 0 Å². The second-order valence-corrected chi connectivity index (χ2v) is 5.76. The van der Waals surface area contributed by atoms with E-state index in [1.54, 1.807) is 7.05 Å². The fraction of sp³-hybridized carbons (Fsp3) is 0.429. The standard InChI is InChI=1S/C14H16F2N4OS/c1-18(12-6-9(15)2-5-11(12)16)8-19-14(22)20(10-3-4-10)13(7-21)17-19/h2,5-6,10,21H,3-4,7-8H2,1H3. The van der Waals surface area contributed by atoms with Crippen molar-refractivity contribution in [2.24, 2.45) is 0 Å². The molecule has 1 aromatic heterocycles. The molecular weight excluding hydrogens is 310 g/mol. The van der Waals surface area contributed by atoms with Crippen molar-refractivity contribution in [3.8, 4) is 0 Å². The van der Waals surface area contributed by atoms with Crippen LogP contribution < -0.4 is 4.90 Å². The summed E-state index contributed by atoms with van der Waals surface area (Å²) in [6, 6.07) is 3.58. The molecule has 2 aromatic rings. The molecule has 0 spiro atoms. The highest BCUT2D eigenvalue weighted by atomic mass is 32.1. The van der Waals surface area contributed by atoms with E-state index in [9.17, 15) is 13.9 Å². The van der Waals surface area contributed by atoms with Crippen molar-refractivity contribution in [2.45, 2.75) is 32.2 Å². The lowest BCUT2D eigenvalue weighted by Crippen LogP contribution is -2.23. The van der Waals surface area contributed by atoms with Gasteiger partial charge in [0, 0.05) is 19.2 Å². The highest BCUT2D eigenvalue weighted by Crippen LogP contribution is 2.36. The Morgan fingerprint density at radius 3 is 2.77 bits per heavy atom. The first-order valence-corrected chi connectivity index (χ1v) is 7.37. The Hall–Kier alpha value is -1.80. The molecule has 0 radical (unpaired) electrons. The van der Waals surface area contributed by atoms with Gasteiger partial charge in [0.2, 0.25) is 0 Å². The van der Waals surface area contributed by atoms with Gasteiger partial charge in [-0.1, -0.05) is 0 Å². The van der Waals surface area contributed by atoms with Gasteiger partial charge in [-0.15, -0.1) is 0 Å². The van der Waals surface area contributed by atoms with Crippen LogP contribution in [-0.2, 0) is 13.3 Å². The Bertz CT molecular complexity index is 754. The predicted octanol–water partition coefficient (Wildman–Crippen LogP) is 2.61. The number of anilines is 1. The molecule has 1 fully saturated rings. The van der Waals surface area contributed by atoms with E-state index < -0.39 is 11.6 Å². The number of benzene rings is 1. The van der Waals surface area contributed by atoms with Crippen molar-refractivity contribution in [1.29, 1.82) is 0 Å². The molecule has 0 bridgehead atoms. The van der Waals surface area contributed by atoms with Crippen LogP contribution in [0.25, 0.3) is 0 Å². The van der Waals surface area contributed by atoms with Gasteiger partial charge in [0.25, 0.3) is 0 Å². The van der Waals surface area contributed by atoms with Gasteiger partial charge in [-0.05, 0) is 37.2 Å². The first-order valence-electron chi connectivity index (χ1n) is 6.96. The molecule has 3 rings (SSSR count). The molecular formula is C14H16F2N4OS. The van der Waals surface area contributed by atoms with Crippen molar-refractivity contribution < 1.29 is 13.9 Å². The SMILES string of the molecule is CN(Cn1nc(CO)n(C2CC2)c1=S)c1cc(F)ccc1F. The molecule has 0 atom stereocenters. The number of aromatic nitrogens is 3. The number of nitrogens with zero attached hydrogens (tertiary/aromatic N) is 4. The zero-order valence-electron chi connectivity index (χ0n) is 12.0. The van der Waals surface area contributed by atoms with Gasteiger partial charge in [-0.3, -0.25) is 4.57 Å². The Balaban J connectivity index is 1.89. The summed E-state index contributed by atoms with van der Waals surface area (Å²) < 4.78 is 30.9. The van der Waals surface area contributed by atoms with Gasteiger partial charge in [0.1, 0.15) is 24.9 Å². The molecule has 0 amide bonds. The normalized spacial score (nSPS) is 14.4. The summed E-state index contributed by atoms with van der Waals surface area (Å²) in [5.41, 5.74) is 0.133. The summed E-state index contributed by atoms with van der Waals surface area (Å²) in [7, 11) is 1.63. The van der Waals surface area contributed by atoms with Gasteiger partial charge < -0.3 is 10.0 Å². The van der Waals surface area contributed by atoms with Gasteiger partial charge in [0.15, 0.2) is 10.6 Å². The van der Waals surface area contributed by atoms with Crippen LogP contribution in [0, 0.1) is 16.4 Å². The summed E-state index contributed by atoms with van der Waals surface area (Å²) in [5.74, 6) is -0.522. The average Bonchev–Trinajstić information content (AvgIpc) is 3.27. The molecule has 5 nitrogen and oxygen atoms in total. The molecule has 118 valence electrons. The number of rotatable bonds is 5. The predicted molar refractivity (Wildman–Crippen MR) is 80.0 cm³/mol. The second-order valence-electron chi connectivity index (χ2n) is 5.39. The first kappa shape index (κ1) is 15.1. The van der Waals surface area contributed by atoms with E-state index in [1.807, 2.05) is 4.57 Å². The summed E-state index contributed by atoms with van der Waals surface area (Å²) in [6.07, 6.45) is 2.03. The summed E-state index contributed by atoms with van der Waals surface area (Å²) in [6.45, 7) is -0.0306. The molecule has 1 aliphatic carbocycles. The largest absolute Gasteiger partial charge is 0.388 e. The van der Waals surface area contributed by atoms with E-state index in [2.05, 4.69) is 5.10 Å². The molecule has 0 unspecified atom stereocenters. The number of halogens is 2. The van der Waals surface area contributed by atoms with Crippen molar-refractivity contribution in [1.82, 2.24) is 14.3 Å². The Morgan fingerprint density at radius 2 is 2.14 bits per heavy atom. The van der Waals surface area contributed by atoms with Crippen molar-refractivity contribution in [3.63, 3.8) is 0 Å². The molecule has 1 aromatic carbocycles. The van der Waals surface area contributed by atoms with Crippen LogP contribution in [0.4, 0.5) is 14.5 Å². The van der Waals surface area contributed by atoms with E-state index in [1.165, 1.54) is 9.58 Å². The number of aliphatic hydroxyl groups is 1. The molecule has 0 saturated heterocycles. The Morgan fingerprint density at radius 1 is 1.41 bits per heavy atom. The van der Waals surface area contributed by atoms with E-state index in [4.69, 9.17) is 12.2 Å². The van der Waals surface area contributed by atoms with Crippen molar-refractivity contribution in [3.05, 3.63) is 40.4 Å². The van der Waals surface area contributed by atoms with Crippen LogP contribution in [0.1, 0.15) is 24.7 Å². The highest BCUT2D eigenvalue weighted by Gasteiger charge is 2.28. The monoisotopic (exact) mass is 326 g/mol. The minimum atomic E-state index is -0.514. The number of hydrogen-bond acceptors (Lipinski definition) is 4. The van der Waals surface area contributed by atoms with Gasteiger partial charge in [-0.25, -0.2) is 13.5 Å². The van der Waals surface area contributed by atoms with E-state index in [-0.39, 0.29) is 19.0 Å². The van der Waals surface area contributed by atoms with Gasteiger partial charge in [0.05, 0.1) is 5.69 Å². The molecule has 1 aliphatic rings. The molecule has 1 saturated carbocycles. The van der Waals surface area contributed by atoms with Crippen LogP contribution in [0.3, 0.4) is 0 Å². The van der Waals surface area contributed by atoms with Crippen molar-refractivity contribution in [2.75, 3.05) is 11.9 Å².